The van der Waals surface area contributed by atoms with Gasteiger partial charge in [-0.15, -0.1) is 0 Å². The van der Waals surface area contributed by atoms with E-state index < -0.39 is 0 Å². The molecule has 0 radical (unpaired) electrons. The zero-order chi connectivity index (χ0) is 13.7. The number of nitrogens with zero attached hydrogens (tertiary/aromatic N) is 3. The van der Waals surface area contributed by atoms with Crippen LogP contribution in [-0.4, -0.2) is 31.5 Å². The van der Waals surface area contributed by atoms with E-state index in [1.165, 1.54) is 32.3 Å². The van der Waals surface area contributed by atoms with Crippen molar-refractivity contribution in [1.82, 2.24) is 0 Å². The highest BCUT2D eigenvalue weighted by atomic mass is 79.9. The molecule has 18 heavy (non-hydrogen) atoms. The summed E-state index contributed by atoms with van der Waals surface area (Å²) in [6.07, 6.45) is 0. The Balaban J connectivity index is 3.12. The topological polar surface area (TPSA) is 89.1 Å². The Morgan fingerprint density at radius 2 is 1.83 bits per heavy atom. The lowest BCUT2D eigenvalue weighted by atomic mass is 10.3. The van der Waals surface area contributed by atoms with Gasteiger partial charge in [-0.1, -0.05) is 0 Å². The molecule has 0 bridgehead atoms. The minimum absolute atomic E-state index is 0.124. The van der Waals surface area contributed by atoms with Crippen LogP contribution in [0.25, 0.3) is 0 Å². The van der Waals surface area contributed by atoms with E-state index >= 15 is 0 Å². The minimum atomic E-state index is -0.369. The molecule has 4 N–H and O–H groups in total. The number of halogens is 2. The van der Waals surface area contributed by atoms with E-state index in [1.807, 2.05) is 0 Å². The van der Waals surface area contributed by atoms with Gasteiger partial charge in [-0.2, -0.15) is 0 Å². The lowest BCUT2D eigenvalue weighted by Crippen LogP contribution is -2.35. The number of aliphatic imine (C=N–C) groups is 3. The smallest absolute Gasteiger partial charge is 0.153 e. The lowest BCUT2D eigenvalue weighted by molar-refractivity contribution is 0.621. The summed E-state index contributed by atoms with van der Waals surface area (Å²) in [5.74, 6) is -0.0504. The van der Waals surface area contributed by atoms with Crippen molar-refractivity contribution in [3.05, 3.63) is 28.5 Å². The lowest BCUT2D eigenvalue weighted by Gasteiger charge is -2.04. The van der Waals surface area contributed by atoms with Gasteiger partial charge >= 0.3 is 0 Å². The van der Waals surface area contributed by atoms with Crippen LogP contribution in [0, 0.1) is 5.82 Å². The number of hydrogen-bond acceptors (Lipinski definition) is 3. The fourth-order valence-corrected chi connectivity index (χ4v) is 1.58. The van der Waals surface area contributed by atoms with Crippen molar-refractivity contribution in [3.63, 3.8) is 0 Å². The molecule has 0 fully saturated rings. The molecule has 0 saturated heterocycles. The minimum Gasteiger partial charge on any atom is -0.382 e. The molecule has 0 aliphatic carbocycles. The molecular formula is C11H13BrFN5. The molecule has 0 unspecified atom stereocenters. The van der Waals surface area contributed by atoms with Gasteiger partial charge in [0.2, 0.25) is 0 Å². The number of rotatable bonds is 3. The molecule has 1 aromatic rings. The molecule has 1 aromatic carbocycles. The van der Waals surface area contributed by atoms with Gasteiger partial charge in [-0.3, -0.25) is 9.98 Å². The first kappa shape index (κ1) is 14.3. The van der Waals surface area contributed by atoms with Gasteiger partial charge < -0.3 is 11.5 Å². The molecule has 96 valence electrons. The predicted molar refractivity (Wildman–Crippen MR) is 76.3 cm³/mol. The molecule has 0 heterocycles. The fraction of sp³-hybridized carbons (Fsp3) is 0.182. The summed E-state index contributed by atoms with van der Waals surface area (Å²) in [5, 5.41) is 0. The third-order valence-electron chi connectivity index (χ3n) is 2.10. The standard InChI is InChI=1S/C11H13BrFN5/c1-16-9(10(14)17-2)11(15)18-6-3-4-8(13)7(12)5-6/h3-5H,1-2H3,(H2,14,17)(H2,15,18). The molecule has 0 atom stereocenters. The van der Waals surface area contributed by atoms with Crippen molar-refractivity contribution in [1.29, 1.82) is 0 Å². The van der Waals surface area contributed by atoms with Crippen molar-refractivity contribution in [2.45, 2.75) is 0 Å². The van der Waals surface area contributed by atoms with E-state index in [0.29, 0.717) is 15.9 Å². The average molecular weight is 314 g/mol. The molecule has 5 nitrogen and oxygen atoms in total. The van der Waals surface area contributed by atoms with E-state index in [-0.39, 0.29) is 17.5 Å². The second kappa shape index (κ2) is 6.25. The van der Waals surface area contributed by atoms with Crippen molar-refractivity contribution in [3.8, 4) is 0 Å². The summed E-state index contributed by atoms with van der Waals surface area (Å²) in [6, 6.07) is 4.30. The molecular weight excluding hydrogens is 301 g/mol. The fourth-order valence-electron chi connectivity index (χ4n) is 1.21. The molecule has 0 spiro atoms. The summed E-state index contributed by atoms with van der Waals surface area (Å²) >= 11 is 3.07. The van der Waals surface area contributed by atoms with Crippen LogP contribution in [-0.2, 0) is 0 Å². The Morgan fingerprint density at radius 1 is 1.17 bits per heavy atom. The van der Waals surface area contributed by atoms with Gasteiger partial charge in [0.05, 0.1) is 10.2 Å². The highest BCUT2D eigenvalue weighted by Gasteiger charge is 2.09. The normalized spacial score (nSPS) is 13.9. The summed E-state index contributed by atoms with van der Waals surface area (Å²) in [5.41, 5.74) is 12.2. The molecule has 1 rings (SSSR count). The maximum atomic E-state index is 13.1. The number of amidine groups is 2. The largest absolute Gasteiger partial charge is 0.382 e. The van der Waals surface area contributed by atoms with E-state index in [0.717, 1.165) is 0 Å². The third-order valence-corrected chi connectivity index (χ3v) is 2.71. The van der Waals surface area contributed by atoms with Crippen molar-refractivity contribution >= 4 is 39.0 Å². The van der Waals surface area contributed by atoms with Crippen LogP contribution in [0.2, 0.25) is 0 Å². The van der Waals surface area contributed by atoms with Gasteiger partial charge in [-0.05, 0) is 34.1 Å². The van der Waals surface area contributed by atoms with Crippen LogP contribution in [0.1, 0.15) is 0 Å². The quantitative estimate of drug-likeness (QED) is 0.656. The van der Waals surface area contributed by atoms with Crippen molar-refractivity contribution in [2.75, 3.05) is 14.1 Å². The molecule has 0 saturated carbocycles. The Kier molecular flexibility index (Phi) is 4.96. The van der Waals surface area contributed by atoms with E-state index in [9.17, 15) is 4.39 Å². The zero-order valence-corrected chi connectivity index (χ0v) is 11.6. The maximum Gasteiger partial charge on any atom is 0.153 e. The highest BCUT2D eigenvalue weighted by Crippen LogP contribution is 2.21. The first-order valence-electron chi connectivity index (χ1n) is 4.98. The van der Waals surface area contributed by atoms with Crippen LogP contribution in [0.5, 0.6) is 0 Å². The molecule has 0 amide bonds. The van der Waals surface area contributed by atoms with Gasteiger partial charge in [0.25, 0.3) is 0 Å². The molecule has 0 aliphatic heterocycles. The van der Waals surface area contributed by atoms with Gasteiger partial charge in [0.15, 0.2) is 5.84 Å². The second-order valence-corrected chi connectivity index (χ2v) is 4.13. The Bertz CT molecular complexity index is 536. The van der Waals surface area contributed by atoms with Crippen LogP contribution in [0.3, 0.4) is 0 Å². The van der Waals surface area contributed by atoms with Crippen LogP contribution in [0.4, 0.5) is 10.1 Å². The van der Waals surface area contributed by atoms with Crippen LogP contribution >= 0.6 is 15.9 Å². The Hall–Kier alpha value is -1.76. The number of benzene rings is 1. The van der Waals surface area contributed by atoms with E-state index in [2.05, 4.69) is 30.9 Å². The number of hydrogen-bond donors (Lipinski definition) is 2. The maximum absolute atomic E-state index is 13.1. The summed E-state index contributed by atoms with van der Waals surface area (Å²) in [7, 11) is 3.07. The first-order valence-corrected chi connectivity index (χ1v) is 5.78. The summed E-state index contributed by atoms with van der Waals surface area (Å²) < 4.78 is 13.4. The molecule has 7 heteroatoms. The zero-order valence-electron chi connectivity index (χ0n) is 9.98. The van der Waals surface area contributed by atoms with Crippen LogP contribution in [0.15, 0.2) is 37.6 Å². The monoisotopic (exact) mass is 313 g/mol. The van der Waals surface area contributed by atoms with E-state index in [1.54, 1.807) is 0 Å². The Labute approximate surface area is 113 Å². The van der Waals surface area contributed by atoms with Crippen LogP contribution < -0.4 is 11.5 Å². The Morgan fingerprint density at radius 3 is 2.33 bits per heavy atom. The predicted octanol–water partition coefficient (Wildman–Crippen LogP) is 1.63. The van der Waals surface area contributed by atoms with Crippen molar-refractivity contribution in [2.24, 2.45) is 26.4 Å². The summed E-state index contributed by atoms with van der Waals surface area (Å²) in [6.45, 7) is 0. The first-order chi connectivity index (χ1) is 8.49. The van der Waals surface area contributed by atoms with Gasteiger partial charge in [-0.25, -0.2) is 9.38 Å². The van der Waals surface area contributed by atoms with E-state index in [4.69, 9.17) is 11.5 Å². The third kappa shape index (κ3) is 3.36. The number of nitrogens with two attached hydrogens (primary N) is 2. The summed E-state index contributed by atoms with van der Waals surface area (Å²) in [4.78, 5) is 11.8. The van der Waals surface area contributed by atoms with Crippen molar-refractivity contribution < 1.29 is 4.39 Å². The highest BCUT2D eigenvalue weighted by molar-refractivity contribution is 9.10. The molecule has 0 aromatic heterocycles. The van der Waals surface area contributed by atoms with Gasteiger partial charge in [0.1, 0.15) is 17.4 Å². The van der Waals surface area contributed by atoms with Gasteiger partial charge in [0, 0.05) is 14.1 Å². The molecule has 0 aliphatic rings. The average Bonchev–Trinajstić information content (AvgIpc) is 2.34. The second-order valence-electron chi connectivity index (χ2n) is 3.28. The SMILES string of the molecule is CN=C(N)C(=NC)C(N)=Nc1ccc(F)c(Br)c1.